The van der Waals surface area contributed by atoms with E-state index in [1.54, 1.807) is 0 Å². The molecule has 1 N–H and O–H groups in total. The number of imidazole rings is 1. The molecule has 1 aromatic rings. The first-order valence-electron chi connectivity index (χ1n) is 6.27. The summed E-state index contributed by atoms with van der Waals surface area (Å²) in [5.74, 6) is -0.717. The van der Waals surface area contributed by atoms with E-state index in [4.69, 9.17) is 5.11 Å². The zero-order valence-corrected chi connectivity index (χ0v) is 12.0. The molecule has 1 atom stereocenters. The van der Waals surface area contributed by atoms with Gasteiger partial charge < -0.3 is 9.67 Å². The van der Waals surface area contributed by atoms with Crippen LogP contribution >= 0.6 is 11.8 Å². The fourth-order valence-electron chi connectivity index (χ4n) is 2.72. The van der Waals surface area contributed by atoms with E-state index in [2.05, 4.69) is 23.4 Å². The molecule has 0 aliphatic heterocycles. The van der Waals surface area contributed by atoms with E-state index < -0.39 is 5.97 Å². The van der Waals surface area contributed by atoms with Gasteiger partial charge in [-0.15, -0.1) is 0 Å². The van der Waals surface area contributed by atoms with Gasteiger partial charge in [0.15, 0.2) is 5.16 Å². The molecule has 1 fully saturated rings. The highest BCUT2D eigenvalue weighted by Gasteiger charge is 2.33. The fraction of sp³-hybridized carbons (Fsp3) is 0.692. The van der Waals surface area contributed by atoms with Crippen molar-refractivity contribution >= 4 is 17.7 Å². The number of carboxylic acid groups (broad SMARTS) is 1. The van der Waals surface area contributed by atoms with E-state index in [0.717, 1.165) is 23.7 Å². The van der Waals surface area contributed by atoms with Crippen molar-refractivity contribution in [2.45, 2.75) is 51.2 Å². The molecule has 0 aromatic carbocycles. The van der Waals surface area contributed by atoms with Gasteiger partial charge in [-0.25, -0.2) is 4.98 Å². The highest BCUT2D eigenvalue weighted by Crippen LogP contribution is 2.45. The van der Waals surface area contributed by atoms with E-state index >= 15 is 0 Å². The molecule has 0 amide bonds. The van der Waals surface area contributed by atoms with Gasteiger partial charge in [0.05, 0.1) is 5.75 Å². The third-order valence-corrected chi connectivity index (χ3v) is 4.53. The molecule has 5 heteroatoms. The van der Waals surface area contributed by atoms with Crippen LogP contribution in [0.4, 0.5) is 0 Å². The molecule has 100 valence electrons. The molecule has 1 saturated carbocycles. The van der Waals surface area contributed by atoms with Gasteiger partial charge >= 0.3 is 5.97 Å². The Balaban J connectivity index is 2.17. The molecule has 1 unspecified atom stereocenters. The molecule has 1 heterocycles. The smallest absolute Gasteiger partial charge is 0.313 e. The molecular weight excluding hydrogens is 248 g/mol. The van der Waals surface area contributed by atoms with Gasteiger partial charge in [0.25, 0.3) is 0 Å². The summed E-state index contributed by atoms with van der Waals surface area (Å²) < 4.78 is 2.22. The molecule has 0 saturated heterocycles. The van der Waals surface area contributed by atoms with Gasteiger partial charge in [-0.1, -0.05) is 25.6 Å². The second-order valence-electron chi connectivity index (χ2n) is 5.80. The summed E-state index contributed by atoms with van der Waals surface area (Å²) in [6, 6.07) is 0.471. The van der Waals surface area contributed by atoms with Crippen LogP contribution < -0.4 is 0 Å². The fourth-order valence-corrected chi connectivity index (χ4v) is 3.53. The second kappa shape index (κ2) is 4.96. The van der Waals surface area contributed by atoms with Gasteiger partial charge in [-0.3, -0.25) is 4.79 Å². The minimum Gasteiger partial charge on any atom is -0.481 e. The minimum absolute atomic E-state index is 0.0760. The Kier molecular flexibility index (Phi) is 3.71. The molecule has 1 aliphatic carbocycles. The Hall–Kier alpha value is -0.970. The number of carboxylic acids is 1. The lowest BCUT2D eigenvalue weighted by atomic mass is 9.92. The van der Waals surface area contributed by atoms with Crippen molar-refractivity contribution in [1.82, 2.24) is 9.55 Å². The summed E-state index contributed by atoms with van der Waals surface area (Å²) in [7, 11) is 0. The molecule has 1 aromatic heterocycles. The minimum atomic E-state index is -0.793. The van der Waals surface area contributed by atoms with Crippen molar-refractivity contribution in [2.75, 3.05) is 5.75 Å². The number of hydrogen-bond acceptors (Lipinski definition) is 3. The third-order valence-electron chi connectivity index (χ3n) is 3.58. The van der Waals surface area contributed by atoms with Crippen molar-refractivity contribution in [3.63, 3.8) is 0 Å². The lowest BCUT2D eigenvalue weighted by Gasteiger charge is -2.20. The van der Waals surface area contributed by atoms with Gasteiger partial charge in [0, 0.05) is 17.9 Å². The van der Waals surface area contributed by atoms with Crippen LogP contribution in [0, 0.1) is 12.3 Å². The van der Waals surface area contributed by atoms with Gasteiger partial charge in [-0.05, 0) is 31.6 Å². The van der Waals surface area contributed by atoms with E-state index in [1.807, 2.05) is 13.1 Å². The molecule has 0 spiro atoms. The van der Waals surface area contributed by atoms with Crippen molar-refractivity contribution in [1.29, 1.82) is 0 Å². The largest absolute Gasteiger partial charge is 0.481 e. The quantitative estimate of drug-likeness (QED) is 0.852. The Morgan fingerprint density at radius 3 is 2.94 bits per heavy atom. The van der Waals surface area contributed by atoms with Crippen LogP contribution in [0.15, 0.2) is 11.4 Å². The molecule has 2 rings (SSSR count). The summed E-state index contributed by atoms with van der Waals surface area (Å²) in [6.07, 6.45) is 5.36. The van der Waals surface area contributed by atoms with Crippen LogP contribution in [0.2, 0.25) is 0 Å². The summed E-state index contributed by atoms with van der Waals surface area (Å²) >= 11 is 1.32. The number of nitrogens with zero attached hydrogens (tertiary/aromatic N) is 2. The maximum Gasteiger partial charge on any atom is 0.313 e. The lowest BCUT2D eigenvalue weighted by Crippen LogP contribution is -2.12. The maximum atomic E-state index is 10.7. The van der Waals surface area contributed by atoms with E-state index in [0.29, 0.717) is 11.5 Å². The molecular formula is C13H20N2O2S. The molecule has 0 radical (unpaired) electrons. The molecule has 4 nitrogen and oxygen atoms in total. The first-order valence-corrected chi connectivity index (χ1v) is 7.26. The Morgan fingerprint density at radius 1 is 1.67 bits per heavy atom. The number of thioether (sulfide) groups is 1. The van der Waals surface area contributed by atoms with Crippen LogP contribution in [0.3, 0.4) is 0 Å². The molecule has 1 aliphatic rings. The molecule has 0 bridgehead atoms. The highest BCUT2D eigenvalue weighted by atomic mass is 32.2. The predicted octanol–water partition coefficient (Wildman–Crippen LogP) is 3.12. The zero-order chi connectivity index (χ0) is 13.3. The number of aryl methyl sites for hydroxylation is 1. The number of aliphatic carboxylic acids is 1. The van der Waals surface area contributed by atoms with Crippen LogP contribution in [-0.4, -0.2) is 26.4 Å². The highest BCUT2D eigenvalue weighted by molar-refractivity contribution is 7.99. The Bertz CT molecular complexity index is 454. The summed E-state index contributed by atoms with van der Waals surface area (Å²) in [4.78, 5) is 15.0. The summed E-state index contributed by atoms with van der Waals surface area (Å²) in [5, 5.41) is 9.61. The van der Waals surface area contributed by atoms with Gasteiger partial charge in [0.2, 0.25) is 0 Å². The number of hydrogen-bond donors (Lipinski definition) is 1. The van der Waals surface area contributed by atoms with E-state index in [1.165, 1.54) is 18.2 Å². The third kappa shape index (κ3) is 2.88. The first-order chi connectivity index (χ1) is 8.39. The van der Waals surface area contributed by atoms with Gasteiger partial charge in [0.1, 0.15) is 0 Å². The van der Waals surface area contributed by atoms with Crippen molar-refractivity contribution in [3.05, 3.63) is 11.9 Å². The van der Waals surface area contributed by atoms with Crippen molar-refractivity contribution in [3.8, 4) is 0 Å². The maximum absolute atomic E-state index is 10.7. The first kappa shape index (κ1) is 13.5. The lowest BCUT2D eigenvalue weighted by molar-refractivity contribution is -0.133. The average molecular weight is 268 g/mol. The molecule has 18 heavy (non-hydrogen) atoms. The number of aromatic nitrogens is 2. The average Bonchev–Trinajstić information content (AvgIpc) is 2.78. The monoisotopic (exact) mass is 268 g/mol. The van der Waals surface area contributed by atoms with Gasteiger partial charge in [-0.2, -0.15) is 0 Å². The van der Waals surface area contributed by atoms with Crippen LogP contribution in [0.25, 0.3) is 0 Å². The normalized spacial score (nSPS) is 22.3. The summed E-state index contributed by atoms with van der Waals surface area (Å²) in [5.41, 5.74) is 1.52. The van der Waals surface area contributed by atoms with Crippen LogP contribution in [0.5, 0.6) is 0 Å². The number of carbonyl (C=O) groups is 1. The van der Waals surface area contributed by atoms with Crippen LogP contribution in [-0.2, 0) is 4.79 Å². The zero-order valence-electron chi connectivity index (χ0n) is 11.1. The second-order valence-corrected chi connectivity index (χ2v) is 6.74. The topological polar surface area (TPSA) is 55.1 Å². The van der Waals surface area contributed by atoms with Crippen LogP contribution in [0.1, 0.15) is 44.8 Å². The van der Waals surface area contributed by atoms with E-state index in [-0.39, 0.29) is 5.75 Å². The Labute approximate surface area is 112 Å². The van der Waals surface area contributed by atoms with E-state index in [9.17, 15) is 4.79 Å². The van der Waals surface area contributed by atoms with Crippen molar-refractivity contribution in [2.24, 2.45) is 5.41 Å². The van der Waals surface area contributed by atoms with Crippen molar-refractivity contribution < 1.29 is 9.90 Å². The predicted molar refractivity (Wildman–Crippen MR) is 72.0 cm³/mol. The number of rotatable bonds is 4. The SMILES string of the molecule is Cc1cnc(SCC(=O)O)n1C1CCC(C)(C)C1. The Morgan fingerprint density at radius 2 is 2.39 bits per heavy atom. The summed E-state index contributed by atoms with van der Waals surface area (Å²) in [6.45, 7) is 6.63. The standard InChI is InChI=1S/C13H20N2O2S/c1-9-7-14-12(18-8-11(16)17)15(9)10-4-5-13(2,3)6-10/h7,10H,4-6,8H2,1-3H3,(H,16,17).